The molecule has 1 aliphatic heterocycles. The minimum absolute atomic E-state index is 0.184. The van der Waals surface area contributed by atoms with Crippen molar-refractivity contribution in [3.8, 4) is 0 Å². The van der Waals surface area contributed by atoms with Crippen LogP contribution in [0.3, 0.4) is 0 Å². The average Bonchev–Trinajstić information content (AvgIpc) is 2.44. The molecule has 1 atom stereocenters. The summed E-state index contributed by atoms with van der Waals surface area (Å²) in [4.78, 5) is 25.8. The molecule has 0 aliphatic carbocycles. The predicted molar refractivity (Wildman–Crippen MR) is 75.0 cm³/mol. The third-order valence-electron chi connectivity index (χ3n) is 3.16. The Kier molecular flexibility index (Phi) is 4.09. The third-order valence-corrected chi connectivity index (χ3v) is 3.16. The van der Waals surface area contributed by atoms with Crippen molar-refractivity contribution >= 4 is 23.2 Å². The quantitative estimate of drug-likeness (QED) is 0.628. The van der Waals surface area contributed by atoms with Crippen molar-refractivity contribution in [3.05, 3.63) is 23.8 Å². The molecule has 20 heavy (non-hydrogen) atoms. The summed E-state index contributed by atoms with van der Waals surface area (Å²) in [5.74, 6) is -0.532. The maximum absolute atomic E-state index is 12.5. The molecular weight excluding hydrogens is 260 g/mol. The SMILES string of the molecule is CNC(=O)C1COCCN1C(=O)c1cc(N)cc(N)c1. The van der Waals surface area contributed by atoms with Crippen LogP contribution in [0.2, 0.25) is 0 Å². The molecule has 1 aromatic rings. The number of carbonyl (C=O) groups is 2. The first-order valence-corrected chi connectivity index (χ1v) is 6.29. The van der Waals surface area contributed by atoms with Gasteiger partial charge in [-0.15, -0.1) is 0 Å². The molecule has 1 unspecified atom stereocenters. The summed E-state index contributed by atoms with van der Waals surface area (Å²) >= 11 is 0. The number of anilines is 2. The van der Waals surface area contributed by atoms with Crippen LogP contribution >= 0.6 is 0 Å². The minimum atomic E-state index is -0.635. The van der Waals surface area contributed by atoms with Crippen LogP contribution in [0, 0.1) is 0 Å². The highest BCUT2D eigenvalue weighted by Gasteiger charge is 2.32. The van der Waals surface area contributed by atoms with Crippen molar-refractivity contribution in [1.29, 1.82) is 0 Å². The van der Waals surface area contributed by atoms with E-state index in [1.807, 2.05) is 0 Å². The number of hydrogen-bond acceptors (Lipinski definition) is 5. The molecule has 108 valence electrons. The third kappa shape index (κ3) is 2.83. The molecule has 1 saturated heterocycles. The number of nitrogen functional groups attached to an aromatic ring is 2. The number of hydrogen-bond donors (Lipinski definition) is 3. The van der Waals surface area contributed by atoms with Gasteiger partial charge in [-0.25, -0.2) is 0 Å². The number of likely N-dealkylation sites (N-methyl/N-ethyl adjacent to an activating group) is 1. The zero-order valence-electron chi connectivity index (χ0n) is 11.3. The molecule has 0 bridgehead atoms. The lowest BCUT2D eigenvalue weighted by molar-refractivity contribution is -0.130. The Bertz CT molecular complexity index is 512. The number of morpholine rings is 1. The van der Waals surface area contributed by atoms with Gasteiger partial charge in [0.15, 0.2) is 0 Å². The number of nitrogens with zero attached hydrogens (tertiary/aromatic N) is 1. The molecule has 2 rings (SSSR count). The summed E-state index contributed by atoms with van der Waals surface area (Å²) in [5, 5.41) is 2.53. The highest BCUT2D eigenvalue weighted by molar-refractivity contribution is 5.99. The van der Waals surface area contributed by atoms with Crippen LogP contribution in [0.4, 0.5) is 11.4 Å². The standard InChI is InChI=1S/C13H18N4O3/c1-16-12(18)11-7-20-3-2-17(11)13(19)8-4-9(14)6-10(15)5-8/h4-6,11H,2-3,7,14-15H2,1H3,(H,16,18). The Balaban J connectivity index is 2.27. The van der Waals surface area contributed by atoms with Gasteiger partial charge in [-0.1, -0.05) is 0 Å². The van der Waals surface area contributed by atoms with Crippen LogP contribution in [-0.2, 0) is 9.53 Å². The Morgan fingerprint density at radius 3 is 2.55 bits per heavy atom. The number of nitrogens with two attached hydrogens (primary N) is 2. The smallest absolute Gasteiger partial charge is 0.254 e. The van der Waals surface area contributed by atoms with E-state index in [1.54, 1.807) is 18.2 Å². The van der Waals surface area contributed by atoms with Crippen molar-refractivity contribution in [3.63, 3.8) is 0 Å². The molecule has 1 fully saturated rings. The van der Waals surface area contributed by atoms with Gasteiger partial charge in [0.2, 0.25) is 5.91 Å². The topological polar surface area (TPSA) is 111 Å². The Morgan fingerprint density at radius 2 is 1.95 bits per heavy atom. The van der Waals surface area contributed by atoms with Crippen LogP contribution in [0.5, 0.6) is 0 Å². The molecule has 0 aromatic heterocycles. The summed E-state index contributed by atoms with van der Waals surface area (Å²) in [7, 11) is 1.53. The van der Waals surface area contributed by atoms with Crippen LogP contribution in [-0.4, -0.2) is 49.6 Å². The molecule has 0 spiro atoms. The van der Waals surface area contributed by atoms with Gasteiger partial charge < -0.3 is 26.4 Å². The van der Waals surface area contributed by atoms with E-state index < -0.39 is 6.04 Å². The lowest BCUT2D eigenvalue weighted by Crippen LogP contribution is -2.55. The number of rotatable bonds is 2. The van der Waals surface area contributed by atoms with E-state index in [1.165, 1.54) is 11.9 Å². The lowest BCUT2D eigenvalue weighted by Gasteiger charge is -2.34. The first-order valence-electron chi connectivity index (χ1n) is 6.29. The minimum Gasteiger partial charge on any atom is -0.399 e. The van der Waals surface area contributed by atoms with Crippen molar-refractivity contribution in [2.45, 2.75) is 6.04 Å². The highest BCUT2D eigenvalue weighted by Crippen LogP contribution is 2.18. The van der Waals surface area contributed by atoms with E-state index >= 15 is 0 Å². The normalized spacial score (nSPS) is 18.6. The van der Waals surface area contributed by atoms with Crippen LogP contribution in [0.15, 0.2) is 18.2 Å². The van der Waals surface area contributed by atoms with E-state index in [0.29, 0.717) is 30.1 Å². The summed E-state index contributed by atoms with van der Waals surface area (Å²) in [5.41, 5.74) is 12.6. The summed E-state index contributed by atoms with van der Waals surface area (Å²) in [6.07, 6.45) is 0. The zero-order valence-corrected chi connectivity index (χ0v) is 11.3. The molecule has 7 heteroatoms. The molecule has 0 radical (unpaired) electrons. The zero-order chi connectivity index (χ0) is 14.7. The van der Waals surface area contributed by atoms with Gasteiger partial charge in [-0.05, 0) is 18.2 Å². The molecule has 2 amide bonds. The summed E-state index contributed by atoms with van der Waals surface area (Å²) < 4.78 is 5.26. The van der Waals surface area contributed by atoms with Gasteiger partial charge in [-0.3, -0.25) is 9.59 Å². The summed E-state index contributed by atoms with van der Waals surface area (Å²) in [6.45, 7) is 0.936. The Morgan fingerprint density at radius 1 is 1.30 bits per heavy atom. The largest absolute Gasteiger partial charge is 0.399 e. The Labute approximate surface area is 116 Å². The van der Waals surface area contributed by atoms with Crippen LogP contribution < -0.4 is 16.8 Å². The van der Waals surface area contributed by atoms with Crippen LogP contribution in [0.25, 0.3) is 0 Å². The molecule has 1 aromatic carbocycles. The van der Waals surface area contributed by atoms with Crippen molar-refractivity contribution in [2.75, 3.05) is 38.3 Å². The van der Waals surface area contributed by atoms with Gasteiger partial charge in [0.1, 0.15) is 6.04 Å². The van der Waals surface area contributed by atoms with Gasteiger partial charge in [0.05, 0.1) is 13.2 Å². The molecule has 1 aliphatic rings. The second kappa shape index (κ2) is 5.79. The lowest BCUT2D eigenvalue weighted by atomic mass is 10.1. The fourth-order valence-electron chi connectivity index (χ4n) is 2.20. The van der Waals surface area contributed by atoms with E-state index in [0.717, 1.165) is 0 Å². The van der Waals surface area contributed by atoms with Crippen LogP contribution in [0.1, 0.15) is 10.4 Å². The van der Waals surface area contributed by atoms with Gasteiger partial charge in [0, 0.05) is 30.5 Å². The number of ether oxygens (including phenoxy) is 1. The molecule has 1 heterocycles. The van der Waals surface area contributed by atoms with Crippen molar-refractivity contribution in [2.24, 2.45) is 0 Å². The van der Waals surface area contributed by atoms with E-state index in [2.05, 4.69) is 5.32 Å². The highest BCUT2D eigenvalue weighted by atomic mass is 16.5. The van der Waals surface area contributed by atoms with Crippen molar-refractivity contribution < 1.29 is 14.3 Å². The monoisotopic (exact) mass is 278 g/mol. The number of benzene rings is 1. The van der Waals surface area contributed by atoms with E-state index in [-0.39, 0.29) is 18.4 Å². The fraction of sp³-hybridized carbons (Fsp3) is 0.385. The fourth-order valence-corrected chi connectivity index (χ4v) is 2.20. The molecular formula is C13H18N4O3. The maximum Gasteiger partial charge on any atom is 0.254 e. The summed E-state index contributed by atoms with van der Waals surface area (Å²) in [6, 6.07) is 4.04. The molecule has 5 N–H and O–H groups in total. The number of nitrogens with one attached hydrogen (secondary N) is 1. The van der Waals surface area contributed by atoms with Crippen molar-refractivity contribution in [1.82, 2.24) is 10.2 Å². The second-order valence-electron chi connectivity index (χ2n) is 4.59. The number of carbonyl (C=O) groups excluding carboxylic acids is 2. The maximum atomic E-state index is 12.5. The first-order chi connectivity index (χ1) is 9.52. The van der Waals surface area contributed by atoms with E-state index in [9.17, 15) is 9.59 Å². The number of amides is 2. The average molecular weight is 278 g/mol. The first kappa shape index (κ1) is 14.1. The second-order valence-corrected chi connectivity index (χ2v) is 4.59. The van der Waals surface area contributed by atoms with E-state index in [4.69, 9.17) is 16.2 Å². The molecule has 0 saturated carbocycles. The van der Waals surface area contributed by atoms with Gasteiger partial charge >= 0.3 is 0 Å². The molecule has 7 nitrogen and oxygen atoms in total. The Hall–Kier alpha value is -2.28. The van der Waals surface area contributed by atoms with Gasteiger partial charge in [-0.2, -0.15) is 0 Å². The predicted octanol–water partition coefficient (Wildman–Crippen LogP) is -0.562. The van der Waals surface area contributed by atoms with Gasteiger partial charge in [0.25, 0.3) is 5.91 Å².